The average Bonchev–Trinajstić information content (AvgIpc) is 3.29. The number of hydrogen-bond acceptors (Lipinski definition) is 3. The molecule has 3 heterocycles. The second-order valence-electron chi connectivity index (χ2n) is 6.62. The number of aromatic nitrogens is 4. The molecule has 0 amide bonds. The molecule has 5 heteroatoms. The zero-order chi connectivity index (χ0) is 16.2. The molecule has 24 heavy (non-hydrogen) atoms. The van der Waals surface area contributed by atoms with Crippen LogP contribution >= 0.6 is 0 Å². The number of piperidine rings is 1. The first-order valence-electron chi connectivity index (χ1n) is 8.64. The number of rotatable bonds is 5. The molecule has 0 saturated carbocycles. The van der Waals surface area contributed by atoms with Gasteiger partial charge in [-0.2, -0.15) is 5.10 Å². The highest BCUT2D eigenvalue weighted by molar-refractivity contribution is 5.35. The van der Waals surface area contributed by atoms with E-state index in [1.54, 1.807) is 0 Å². The Morgan fingerprint density at radius 3 is 2.96 bits per heavy atom. The molecule has 4 rings (SSSR count). The minimum atomic E-state index is 0.710. The van der Waals surface area contributed by atoms with E-state index >= 15 is 0 Å². The molecule has 1 aromatic carbocycles. The first kappa shape index (κ1) is 15.1. The summed E-state index contributed by atoms with van der Waals surface area (Å²) in [6.45, 7) is 4.43. The van der Waals surface area contributed by atoms with E-state index in [9.17, 15) is 0 Å². The van der Waals surface area contributed by atoms with Crippen LogP contribution in [-0.4, -0.2) is 37.3 Å². The van der Waals surface area contributed by atoms with E-state index in [4.69, 9.17) is 0 Å². The minimum Gasteiger partial charge on any atom is -0.337 e. The van der Waals surface area contributed by atoms with Crippen LogP contribution in [0.3, 0.4) is 0 Å². The molecule has 1 unspecified atom stereocenters. The van der Waals surface area contributed by atoms with E-state index in [0.29, 0.717) is 5.92 Å². The standard InChI is InChI=1S/C19H23N5/c1-4-17(12-19(6-1)24-10-3-7-21-24)13-22-9-2-5-18(14-22)15-23-11-8-20-16-23/h1,3-4,6-8,10-12,16,18H,2,5,9,13-15H2. The fourth-order valence-corrected chi connectivity index (χ4v) is 3.61. The Balaban J connectivity index is 1.40. The fourth-order valence-electron chi connectivity index (χ4n) is 3.61. The summed E-state index contributed by atoms with van der Waals surface area (Å²) in [5.74, 6) is 0.710. The van der Waals surface area contributed by atoms with Crippen LogP contribution in [0.4, 0.5) is 0 Å². The van der Waals surface area contributed by atoms with E-state index in [-0.39, 0.29) is 0 Å². The minimum absolute atomic E-state index is 0.710. The van der Waals surface area contributed by atoms with Crippen LogP contribution in [0.5, 0.6) is 0 Å². The van der Waals surface area contributed by atoms with E-state index in [2.05, 4.69) is 50.0 Å². The Kier molecular flexibility index (Phi) is 4.42. The molecule has 2 aromatic heterocycles. The van der Waals surface area contributed by atoms with Crippen LogP contribution in [0.15, 0.2) is 61.4 Å². The van der Waals surface area contributed by atoms with Crippen molar-refractivity contribution in [3.8, 4) is 5.69 Å². The SMILES string of the molecule is c1cc(CN2CCCC(Cn3ccnc3)C2)cc(-n2cccn2)c1. The lowest BCUT2D eigenvalue weighted by Gasteiger charge is -2.33. The van der Waals surface area contributed by atoms with E-state index < -0.39 is 0 Å². The quantitative estimate of drug-likeness (QED) is 0.725. The smallest absolute Gasteiger partial charge is 0.0946 e. The highest BCUT2D eigenvalue weighted by atomic mass is 15.3. The highest BCUT2D eigenvalue weighted by Gasteiger charge is 2.20. The summed E-state index contributed by atoms with van der Waals surface area (Å²) in [5, 5.41) is 4.32. The van der Waals surface area contributed by atoms with Gasteiger partial charge in [-0.15, -0.1) is 0 Å². The highest BCUT2D eigenvalue weighted by Crippen LogP contribution is 2.21. The Morgan fingerprint density at radius 1 is 1.12 bits per heavy atom. The van der Waals surface area contributed by atoms with E-state index in [1.165, 1.54) is 24.9 Å². The number of nitrogens with zero attached hydrogens (tertiary/aromatic N) is 5. The molecule has 124 valence electrons. The lowest BCUT2D eigenvalue weighted by molar-refractivity contribution is 0.156. The molecule has 1 aliphatic heterocycles. The molecule has 0 aliphatic carbocycles. The lowest BCUT2D eigenvalue weighted by Crippen LogP contribution is -2.36. The molecule has 5 nitrogen and oxygen atoms in total. The third-order valence-electron chi connectivity index (χ3n) is 4.72. The van der Waals surface area contributed by atoms with Gasteiger partial charge in [0.2, 0.25) is 0 Å². The molecule has 1 fully saturated rings. The maximum Gasteiger partial charge on any atom is 0.0946 e. The number of hydrogen-bond donors (Lipinski definition) is 0. The van der Waals surface area contributed by atoms with Gasteiger partial charge < -0.3 is 4.57 Å². The van der Waals surface area contributed by atoms with Gasteiger partial charge in [-0.3, -0.25) is 4.90 Å². The average molecular weight is 321 g/mol. The van der Waals surface area contributed by atoms with Crippen LogP contribution < -0.4 is 0 Å². The summed E-state index contributed by atoms with van der Waals surface area (Å²) < 4.78 is 4.12. The zero-order valence-corrected chi connectivity index (χ0v) is 13.8. The van der Waals surface area contributed by atoms with Crippen molar-refractivity contribution in [1.29, 1.82) is 0 Å². The third kappa shape index (κ3) is 3.57. The van der Waals surface area contributed by atoms with Crippen molar-refractivity contribution in [3.63, 3.8) is 0 Å². The van der Waals surface area contributed by atoms with Crippen LogP contribution in [0, 0.1) is 5.92 Å². The Bertz CT molecular complexity index is 748. The molecule has 1 saturated heterocycles. The molecule has 0 N–H and O–H groups in total. The summed E-state index contributed by atoms with van der Waals surface area (Å²) in [7, 11) is 0. The molecular weight excluding hydrogens is 298 g/mol. The lowest BCUT2D eigenvalue weighted by atomic mass is 9.97. The van der Waals surface area contributed by atoms with Crippen molar-refractivity contribution < 1.29 is 0 Å². The second-order valence-corrected chi connectivity index (χ2v) is 6.62. The van der Waals surface area contributed by atoms with Gasteiger partial charge in [-0.25, -0.2) is 9.67 Å². The predicted octanol–water partition coefficient (Wildman–Crippen LogP) is 2.98. The molecule has 0 radical (unpaired) electrons. The van der Waals surface area contributed by atoms with Gasteiger partial charge in [-0.05, 0) is 49.1 Å². The van der Waals surface area contributed by atoms with Crippen LogP contribution in [0.2, 0.25) is 0 Å². The third-order valence-corrected chi connectivity index (χ3v) is 4.72. The molecule has 0 spiro atoms. The number of benzene rings is 1. The summed E-state index contributed by atoms with van der Waals surface area (Å²) in [5.41, 5.74) is 2.48. The van der Waals surface area contributed by atoms with Crippen molar-refractivity contribution in [2.75, 3.05) is 13.1 Å². The monoisotopic (exact) mass is 321 g/mol. The molecule has 0 bridgehead atoms. The van der Waals surface area contributed by atoms with Crippen molar-refractivity contribution in [2.45, 2.75) is 25.9 Å². The number of likely N-dealkylation sites (tertiary alicyclic amines) is 1. The maximum atomic E-state index is 4.32. The van der Waals surface area contributed by atoms with Gasteiger partial charge >= 0.3 is 0 Å². The number of imidazole rings is 1. The van der Waals surface area contributed by atoms with Gasteiger partial charge in [0, 0.05) is 44.4 Å². The van der Waals surface area contributed by atoms with Crippen LogP contribution in [0.25, 0.3) is 5.69 Å². The zero-order valence-electron chi connectivity index (χ0n) is 13.8. The van der Waals surface area contributed by atoms with Crippen molar-refractivity contribution in [2.24, 2.45) is 5.92 Å². The first-order chi connectivity index (χ1) is 11.9. The summed E-state index contributed by atoms with van der Waals surface area (Å²) >= 11 is 0. The van der Waals surface area contributed by atoms with E-state index in [1.807, 2.05) is 35.7 Å². The van der Waals surface area contributed by atoms with Crippen molar-refractivity contribution >= 4 is 0 Å². The van der Waals surface area contributed by atoms with E-state index in [0.717, 1.165) is 25.3 Å². The fraction of sp³-hybridized carbons (Fsp3) is 0.368. The summed E-state index contributed by atoms with van der Waals surface area (Å²) in [4.78, 5) is 6.73. The Labute approximate surface area is 142 Å². The Morgan fingerprint density at radius 2 is 2.12 bits per heavy atom. The maximum absolute atomic E-state index is 4.32. The molecule has 1 atom stereocenters. The molecule has 1 aliphatic rings. The predicted molar refractivity (Wildman–Crippen MR) is 93.8 cm³/mol. The van der Waals surface area contributed by atoms with Crippen LogP contribution in [0.1, 0.15) is 18.4 Å². The summed E-state index contributed by atoms with van der Waals surface area (Å²) in [6, 6.07) is 10.6. The normalized spacial score (nSPS) is 18.8. The van der Waals surface area contributed by atoms with Crippen molar-refractivity contribution in [3.05, 3.63) is 67.0 Å². The van der Waals surface area contributed by atoms with Gasteiger partial charge in [0.25, 0.3) is 0 Å². The Hall–Kier alpha value is -2.40. The summed E-state index contributed by atoms with van der Waals surface area (Å²) in [6.07, 6.45) is 12.2. The van der Waals surface area contributed by atoms with Gasteiger partial charge in [0.05, 0.1) is 12.0 Å². The van der Waals surface area contributed by atoms with Crippen LogP contribution in [-0.2, 0) is 13.1 Å². The van der Waals surface area contributed by atoms with Gasteiger partial charge in [0.1, 0.15) is 0 Å². The largest absolute Gasteiger partial charge is 0.337 e. The topological polar surface area (TPSA) is 38.9 Å². The van der Waals surface area contributed by atoms with Crippen molar-refractivity contribution in [1.82, 2.24) is 24.2 Å². The molecule has 3 aromatic rings. The van der Waals surface area contributed by atoms with Gasteiger partial charge in [-0.1, -0.05) is 12.1 Å². The van der Waals surface area contributed by atoms with Gasteiger partial charge in [0.15, 0.2) is 0 Å². The molecular formula is C19H23N5. The second kappa shape index (κ2) is 7.01. The first-order valence-corrected chi connectivity index (χ1v) is 8.64.